The maximum Gasteiger partial charge on any atom is 0.339 e. The Morgan fingerprint density at radius 3 is 2.52 bits per heavy atom. The van der Waals surface area contributed by atoms with Crippen LogP contribution in [0.3, 0.4) is 0 Å². The van der Waals surface area contributed by atoms with Gasteiger partial charge in [-0.25, -0.2) is 4.79 Å². The number of pyridine rings is 1. The average Bonchev–Trinajstić information content (AvgIpc) is 2.58. The molecule has 0 atom stereocenters. The van der Waals surface area contributed by atoms with Gasteiger partial charge in [-0.15, -0.1) is 0 Å². The minimum Gasteiger partial charge on any atom is -0.507 e. The molecule has 1 heterocycles. The molecule has 6 heteroatoms. The molecule has 0 aliphatic rings. The highest BCUT2D eigenvalue weighted by atomic mass is 35.5. The predicted octanol–water partition coefficient (Wildman–Crippen LogP) is 4.86. The van der Waals surface area contributed by atoms with Crippen molar-refractivity contribution in [3.63, 3.8) is 0 Å². The molecule has 3 N–H and O–H groups in total. The largest absolute Gasteiger partial charge is 0.507 e. The lowest BCUT2D eigenvalue weighted by Gasteiger charge is -2.10. The van der Waals surface area contributed by atoms with Crippen LogP contribution in [0.4, 0.5) is 11.4 Å². The molecule has 0 radical (unpaired) electrons. The van der Waals surface area contributed by atoms with Gasteiger partial charge in [0.2, 0.25) is 0 Å². The minimum absolute atomic E-state index is 0.139. The first kappa shape index (κ1) is 16.8. The molecule has 3 aromatic rings. The molecule has 0 aliphatic heterocycles. The van der Waals surface area contributed by atoms with E-state index in [9.17, 15) is 9.90 Å². The number of hydrogen-bond acceptors (Lipinski definition) is 4. The van der Waals surface area contributed by atoms with Crippen LogP contribution in [0.15, 0.2) is 54.9 Å². The number of aromatic nitrogens is 1. The normalized spacial score (nSPS) is 10.5. The van der Waals surface area contributed by atoms with E-state index >= 15 is 0 Å². The van der Waals surface area contributed by atoms with Crippen molar-refractivity contribution in [2.45, 2.75) is 6.92 Å². The van der Waals surface area contributed by atoms with E-state index in [1.54, 1.807) is 18.5 Å². The van der Waals surface area contributed by atoms with E-state index in [4.69, 9.17) is 16.7 Å². The number of phenols is 1. The summed E-state index contributed by atoms with van der Waals surface area (Å²) in [5.74, 6) is -1.46. The Morgan fingerprint density at radius 2 is 1.84 bits per heavy atom. The zero-order valence-corrected chi connectivity index (χ0v) is 14.1. The van der Waals surface area contributed by atoms with Gasteiger partial charge in [0.15, 0.2) is 0 Å². The second-order valence-electron chi connectivity index (χ2n) is 5.59. The summed E-state index contributed by atoms with van der Waals surface area (Å²) in [6, 6.07) is 11.9. The van der Waals surface area contributed by atoms with Crippen LogP contribution in [0.1, 0.15) is 15.9 Å². The van der Waals surface area contributed by atoms with Crippen LogP contribution < -0.4 is 5.32 Å². The Labute approximate surface area is 149 Å². The highest BCUT2D eigenvalue weighted by Gasteiger charge is 2.11. The molecule has 0 aliphatic carbocycles. The number of nitrogens with zero attached hydrogens (tertiary/aromatic N) is 1. The van der Waals surface area contributed by atoms with Crippen molar-refractivity contribution in [2.75, 3.05) is 5.32 Å². The quantitative estimate of drug-likeness (QED) is 0.623. The van der Waals surface area contributed by atoms with Crippen LogP contribution in [0.2, 0.25) is 5.02 Å². The van der Waals surface area contributed by atoms with Crippen molar-refractivity contribution in [3.05, 3.63) is 71.0 Å². The first-order valence-electron chi connectivity index (χ1n) is 7.49. The fourth-order valence-electron chi connectivity index (χ4n) is 2.40. The van der Waals surface area contributed by atoms with E-state index in [0.29, 0.717) is 10.6 Å². The maximum atomic E-state index is 11.0. The molecule has 0 unspecified atom stereocenters. The van der Waals surface area contributed by atoms with E-state index in [1.807, 2.05) is 31.2 Å². The molecule has 2 aromatic carbocycles. The van der Waals surface area contributed by atoms with Gasteiger partial charge in [-0.1, -0.05) is 23.7 Å². The number of halogens is 1. The lowest BCUT2D eigenvalue weighted by molar-refractivity contribution is 0.0694. The van der Waals surface area contributed by atoms with Crippen molar-refractivity contribution >= 4 is 28.9 Å². The average molecular weight is 355 g/mol. The summed E-state index contributed by atoms with van der Waals surface area (Å²) in [6.07, 6.45) is 3.31. The monoisotopic (exact) mass is 354 g/mol. The molecule has 1 aromatic heterocycles. The highest BCUT2D eigenvalue weighted by Crippen LogP contribution is 2.29. The maximum absolute atomic E-state index is 11.0. The van der Waals surface area contributed by atoms with Gasteiger partial charge in [-0.3, -0.25) is 4.98 Å². The number of rotatable bonds is 4. The number of aromatic carboxylic acids is 1. The molecule has 0 saturated carbocycles. The van der Waals surface area contributed by atoms with Crippen molar-refractivity contribution in [3.8, 4) is 16.9 Å². The molecule has 25 heavy (non-hydrogen) atoms. The van der Waals surface area contributed by atoms with Gasteiger partial charge < -0.3 is 15.5 Å². The summed E-state index contributed by atoms with van der Waals surface area (Å²) in [5.41, 5.74) is 3.85. The summed E-state index contributed by atoms with van der Waals surface area (Å²) in [6.45, 7) is 1.93. The van der Waals surface area contributed by atoms with E-state index in [-0.39, 0.29) is 11.3 Å². The number of benzene rings is 2. The lowest BCUT2D eigenvalue weighted by atomic mass is 10.0. The third-order valence-corrected chi connectivity index (χ3v) is 4.17. The van der Waals surface area contributed by atoms with Gasteiger partial charge in [0.25, 0.3) is 0 Å². The third kappa shape index (κ3) is 3.72. The number of nitrogens with one attached hydrogen (secondary N) is 1. The molecule has 126 valence electrons. The Hall–Kier alpha value is -3.05. The molecule has 5 nitrogen and oxygen atoms in total. The van der Waals surface area contributed by atoms with Crippen molar-refractivity contribution in [2.24, 2.45) is 0 Å². The van der Waals surface area contributed by atoms with Crippen LogP contribution in [0.5, 0.6) is 5.75 Å². The fraction of sp³-hybridized carbons (Fsp3) is 0.0526. The summed E-state index contributed by atoms with van der Waals surface area (Å²) in [7, 11) is 0. The van der Waals surface area contributed by atoms with E-state index in [2.05, 4.69) is 10.3 Å². The van der Waals surface area contributed by atoms with Gasteiger partial charge in [0.1, 0.15) is 11.3 Å². The Kier molecular flexibility index (Phi) is 4.59. The SMILES string of the molecule is Cc1ccc(Nc2cncc(-c3ccc(C(=O)O)c(O)c3)c2)cc1Cl. The second-order valence-corrected chi connectivity index (χ2v) is 6.00. The van der Waals surface area contributed by atoms with Gasteiger partial charge in [-0.05, 0) is 48.4 Å². The first-order valence-corrected chi connectivity index (χ1v) is 7.87. The first-order chi connectivity index (χ1) is 11.9. The van der Waals surface area contributed by atoms with Crippen molar-refractivity contribution < 1.29 is 15.0 Å². The smallest absolute Gasteiger partial charge is 0.339 e. The van der Waals surface area contributed by atoms with E-state index in [1.165, 1.54) is 12.1 Å². The highest BCUT2D eigenvalue weighted by molar-refractivity contribution is 6.31. The number of hydrogen-bond donors (Lipinski definition) is 3. The van der Waals surface area contributed by atoms with Gasteiger partial charge in [0, 0.05) is 22.5 Å². The van der Waals surface area contributed by atoms with Gasteiger partial charge in [-0.2, -0.15) is 0 Å². The van der Waals surface area contributed by atoms with E-state index < -0.39 is 5.97 Å². The molecule has 0 fully saturated rings. The number of carboxylic acids is 1. The van der Waals surface area contributed by atoms with Gasteiger partial charge >= 0.3 is 5.97 Å². The number of aromatic hydroxyl groups is 1. The van der Waals surface area contributed by atoms with E-state index in [0.717, 1.165) is 22.5 Å². The van der Waals surface area contributed by atoms with Crippen LogP contribution in [-0.4, -0.2) is 21.2 Å². The van der Waals surface area contributed by atoms with Crippen LogP contribution in [-0.2, 0) is 0 Å². The fourth-order valence-corrected chi connectivity index (χ4v) is 2.58. The number of carboxylic acid groups (broad SMARTS) is 1. The molecule has 0 bridgehead atoms. The molecule has 0 amide bonds. The molecular formula is C19H15ClN2O3. The summed E-state index contributed by atoms with van der Waals surface area (Å²) >= 11 is 6.13. The third-order valence-electron chi connectivity index (χ3n) is 3.76. The molecule has 0 saturated heterocycles. The second kappa shape index (κ2) is 6.83. The number of aryl methyl sites for hydroxylation is 1. The predicted molar refractivity (Wildman–Crippen MR) is 97.8 cm³/mol. The van der Waals surface area contributed by atoms with Gasteiger partial charge in [0.05, 0.1) is 11.9 Å². The summed E-state index contributed by atoms with van der Waals surface area (Å²) in [5, 5.41) is 22.7. The Bertz CT molecular complexity index is 957. The summed E-state index contributed by atoms with van der Waals surface area (Å²) < 4.78 is 0. The molecular weight excluding hydrogens is 340 g/mol. The van der Waals surface area contributed by atoms with Crippen molar-refractivity contribution in [1.29, 1.82) is 0 Å². The Morgan fingerprint density at radius 1 is 1.04 bits per heavy atom. The van der Waals surface area contributed by atoms with Crippen molar-refractivity contribution in [1.82, 2.24) is 4.98 Å². The lowest BCUT2D eigenvalue weighted by Crippen LogP contribution is -1.97. The van der Waals surface area contributed by atoms with Crippen LogP contribution >= 0.6 is 11.6 Å². The zero-order valence-electron chi connectivity index (χ0n) is 13.3. The van der Waals surface area contributed by atoms with Crippen LogP contribution in [0.25, 0.3) is 11.1 Å². The number of carbonyl (C=O) groups is 1. The topological polar surface area (TPSA) is 82.5 Å². The summed E-state index contributed by atoms with van der Waals surface area (Å²) in [4.78, 5) is 15.2. The number of anilines is 2. The minimum atomic E-state index is -1.17. The standard InChI is InChI=1S/C19H15ClN2O3/c1-11-2-4-14(8-17(11)20)22-15-6-13(9-21-10-15)12-3-5-16(19(24)25)18(23)7-12/h2-10,22-23H,1H3,(H,24,25). The van der Waals surface area contributed by atoms with Crippen LogP contribution in [0, 0.1) is 6.92 Å². The zero-order chi connectivity index (χ0) is 18.0. The molecule has 3 rings (SSSR count). The molecule has 0 spiro atoms. The Balaban J connectivity index is 1.90.